The maximum Gasteiger partial charge on any atom is 0.0739 e. The molecule has 0 aromatic heterocycles. The molecule has 0 aromatic rings. The molecular formula is C13H24O2S. The highest BCUT2D eigenvalue weighted by molar-refractivity contribution is 7.99. The summed E-state index contributed by atoms with van der Waals surface area (Å²) in [4.78, 5) is 0. The third-order valence-corrected chi connectivity index (χ3v) is 5.82. The largest absolute Gasteiger partial charge is 0.396 e. The van der Waals surface area contributed by atoms with E-state index in [0.717, 1.165) is 30.8 Å². The first-order valence-electron chi connectivity index (χ1n) is 6.42. The van der Waals surface area contributed by atoms with Gasteiger partial charge in [0.25, 0.3) is 0 Å². The van der Waals surface area contributed by atoms with E-state index in [1.807, 2.05) is 11.8 Å². The molecule has 3 heteroatoms. The van der Waals surface area contributed by atoms with Gasteiger partial charge in [0.15, 0.2) is 0 Å². The Balaban J connectivity index is 2.21. The molecule has 0 amide bonds. The predicted molar refractivity (Wildman–Crippen MR) is 68.6 cm³/mol. The molecule has 1 saturated carbocycles. The van der Waals surface area contributed by atoms with Crippen LogP contribution in [0.4, 0.5) is 0 Å². The molecule has 0 bridgehead atoms. The molecule has 3 atom stereocenters. The Morgan fingerprint density at radius 1 is 1.25 bits per heavy atom. The van der Waals surface area contributed by atoms with Crippen LogP contribution in [-0.2, 0) is 0 Å². The van der Waals surface area contributed by atoms with Crippen LogP contribution >= 0.6 is 11.8 Å². The van der Waals surface area contributed by atoms with Crippen LogP contribution in [0.3, 0.4) is 0 Å². The van der Waals surface area contributed by atoms with E-state index in [0.29, 0.717) is 11.8 Å². The van der Waals surface area contributed by atoms with Gasteiger partial charge in [-0.15, -0.1) is 0 Å². The first kappa shape index (κ1) is 12.7. The lowest BCUT2D eigenvalue weighted by molar-refractivity contribution is -0.137. The van der Waals surface area contributed by atoms with Crippen LogP contribution in [0.1, 0.15) is 39.5 Å². The summed E-state index contributed by atoms with van der Waals surface area (Å²) < 4.78 is 0. The Morgan fingerprint density at radius 2 is 1.88 bits per heavy atom. The van der Waals surface area contributed by atoms with Gasteiger partial charge in [-0.1, -0.05) is 13.8 Å². The summed E-state index contributed by atoms with van der Waals surface area (Å²) in [5.41, 5.74) is -0.844. The molecule has 1 saturated heterocycles. The maximum absolute atomic E-state index is 11.0. The first-order chi connectivity index (χ1) is 7.51. The lowest BCUT2D eigenvalue weighted by atomic mass is 9.60. The monoisotopic (exact) mass is 244 g/mol. The number of aliphatic hydroxyl groups excluding tert-OH is 1. The van der Waals surface area contributed by atoms with Gasteiger partial charge in [-0.25, -0.2) is 0 Å². The molecule has 1 aliphatic heterocycles. The smallest absolute Gasteiger partial charge is 0.0739 e. The maximum atomic E-state index is 11.0. The highest BCUT2D eigenvalue weighted by Crippen LogP contribution is 2.52. The molecule has 0 aromatic carbocycles. The highest BCUT2D eigenvalue weighted by atomic mass is 32.2. The zero-order valence-electron chi connectivity index (χ0n) is 10.4. The number of aliphatic hydroxyl groups is 2. The molecule has 0 spiro atoms. The Kier molecular flexibility index (Phi) is 3.58. The molecule has 2 N–H and O–H groups in total. The molecule has 1 aliphatic carbocycles. The molecule has 2 fully saturated rings. The van der Waals surface area contributed by atoms with E-state index < -0.39 is 5.60 Å². The summed E-state index contributed by atoms with van der Waals surface area (Å²) in [5, 5.41) is 20.7. The normalized spacial score (nSPS) is 49.5. The molecule has 1 heterocycles. The highest BCUT2D eigenvalue weighted by Gasteiger charge is 2.53. The summed E-state index contributed by atoms with van der Waals surface area (Å²) in [7, 11) is 0. The molecule has 2 aliphatic rings. The van der Waals surface area contributed by atoms with Crippen molar-refractivity contribution in [3.8, 4) is 0 Å². The van der Waals surface area contributed by atoms with Crippen molar-refractivity contribution in [1.82, 2.24) is 0 Å². The fraction of sp³-hybridized carbons (Fsp3) is 1.00. The fourth-order valence-corrected chi connectivity index (χ4v) is 5.34. The van der Waals surface area contributed by atoms with Crippen molar-refractivity contribution >= 4 is 11.8 Å². The summed E-state index contributed by atoms with van der Waals surface area (Å²) in [6, 6.07) is 0. The minimum absolute atomic E-state index is 0.149. The van der Waals surface area contributed by atoms with Crippen molar-refractivity contribution in [2.45, 2.75) is 45.1 Å². The van der Waals surface area contributed by atoms with Crippen LogP contribution in [0.15, 0.2) is 0 Å². The van der Waals surface area contributed by atoms with Crippen LogP contribution in [0.2, 0.25) is 0 Å². The molecule has 0 radical (unpaired) electrons. The third-order valence-electron chi connectivity index (χ3n) is 4.57. The number of hydrogen-bond acceptors (Lipinski definition) is 3. The summed E-state index contributed by atoms with van der Waals surface area (Å²) in [5.74, 6) is 3.19. The Labute approximate surface area is 103 Å². The molecular weight excluding hydrogens is 220 g/mol. The van der Waals surface area contributed by atoms with Gasteiger partial charge >= 0.3 is 0 Å². The van der Waals surface area contributed by atoms with Crippen molar-refractivity contribution in [3.63, 3.8) is 0 Å². The van der Waals surface area contributed by atoms with E-state index in [1.54, 1.807) is 0 Å². The minimum atomic E-state index is -0.623. The fourth-order valence-electron chi connectivity index (χ4n) is 3.77. The van der Waals surface area contributed by atoms with Gasteiger partial charge < -0.3 is 10.2 Å². The second kappa shape index (κ2) is 4.51. The lowest BCUT2D eigenvalue weighted by Crippen LogP contribution is -2.54. The summed E-state index contributed by atoms with van der Waals surface area (Å²) in [6.45, 7) is 4.61. The number of thioether (sulfide) groups is 1. The van der Waals surface area contributed by atoms with Gasteiger partial charge in [0, 0.05) is 11.2 Å². The molecule has 94 valence electrons. The van der Waals surface area contributed by atoms with Gasteiger partial charge in [0.1, 0.15) is 0 Å². The van der Waals surface area contributed by atoms with E-state index in [2.05, 4.69) is 13.8 Å². The SMILES string of the molecule is CC1CC(C)CC(O)(C2(CO)CCSC2)C1. The van der Waals surface area contributed by atoms with Gasteiger partial charge in [-0.05, 0) is 43.3 Å². The average molecular weight is 244 g/mol. The van der Waals surface area contributed by atoms with Crippen molar-refractivity contribution < 1.29 is 10.2 Å². The zero-order chi connectivity index (χ0) is 11.8. The van der Waals surface area contributed by atoms with E-state index in [-0.39, 0.29) is 12.0 Å². The van der Waals surface area contributed by atoms with E-state index >= 15 is 0 Å². The van der Waals surface area contributed by atoms with E-state index in [1.165, 1.54) is 6.42 Å². The van der Waals surface area contributed by atoms with Crippen molar-refractivity contribution in [2.75, 3.05) is 18.1 Å². The Bertz CT molecular complexity index is 238. The van der Waals surface area contributed by atoms with Gasteiger partial charge in [-0.3, -0.25) is 0 Å². The van der Waals surface area contributed by atoms with Gasteiger partial charge in [-0.2, -0.15) is 11.8 Å². The van der Waals surface area contributed by atoms with Gasteiger partial charge in [0.05, 0.1) is 12.2 Å². The van der Waals surface area contributed by atoms with Crippen molar-refractivity contribution in [1.29, 1.82) is 0 Å². The minimum Gasteiger partial charge on any atom is -0.396 e. The second-order valence-electron chi connectivity index (χ2n) is 6.13. The van der Waals surface area contributed by atoms with Crippen molar-refractivity contribution in [2.24, 2.45) is 17.3 Å². The Morgan fingerprint density at radius 3 is 2.31 bits per heavy atom. The standard InChI is InChI=1S/C13H24O2S/c1-10-5-11(2)7-13(15,6-10)12(8-14)3-4-16-9-12/h10-11,14-15H,3-9H2,1-2H3. The summed E-state index contributed by atoms with van der Waals surface area (Å²) in [6.07, 6.45) is 3.94. The zero-order valence-corrected chi connectivity index (χ0v) is 11.2. The van der Waals surface area contributed by atoms with E-state index in [4.69, 9.17) is 0 Å². The quantitative estimate of drug-likeness (QED) is 0.783. The van der Waals surface area contributed by atoms with Crippen LogP contribution < -0.4 is 0 Å². The Hall–Kier alpha value is 0.270. The lowest BCUT2D eigenvalue weighted by Gasteiger charge is -2.49. The predicted octanol–water partition coefficient (Wildman–Crippen LogP) is 2.29. The summed E-state index contributed by atoms with van der Waals surface area (Å²) >= 11 is 1.88. The topological polar surface area (TPSA) is 40.5 Å². The molecule has 2 nitrogen and oxygen atoms in total. The number of hydrogen-bond donors (Lipinski definition) is 2. The van der Waals surface area contributed by atoms with Crippen molar-refractivity contribution in [3.05, 3.63) is 0 Å². The van der Waals surface area contributed by atoms with Gasteiger partial charge in [0.2, 0.25) is 0 Å². The second-order valence-corrected chi connectivity index (χ2v) is 7.23. The van der Waals surface area contributed by atoms with Crippen LogP contribution in [-0.4, -0.2) is 33.9 Å². The average Bonchev–Trinajstić information content (AvgIpc) is 2.64. The van der Waals surface area contributed by atoms with Crippen LogP contribution in [0.25, 0.3) is 0 Å². The third kappa shape index (κ3) is 2.02. The van der Waals surface area contributed by atoms with Crippen LogP contribution in [0.5, 0.6) is 0 Å². The molecule has 16 heavy (non-hydrogen) atoms. The molecule has 2 rings (SSSR count). The van der Waals surface area contributed by atoms with Crippen LogP contribution in [0, 0.1) is 17.3 Å². The first-order valence-corrected chi connectivity index (χ1v) is 7.58. The number of rotatable bonds is 2. The molecule has 3 unspecified atom stereocenters. The van der Waals surface area contributed by atoms with E-state index in [9.17, 15) is 10.2 Å².